The molecule has 1 unspecified atom stereocenters. The fourth-order valence-electron chi connectivity index (χ4n) is 2.53. The number of hydrogen-bond acceptors (Lipinski definition) is 3. The van der Waals surface area contributed by atoms with Gasteiger partial charge in [0.15, 0.2) is 10.4 Å². The van der Waals surface area contributed by atoms with E-state index >= 15 is 0 Å². The Bertz CT molecular complexity index is 854. The molecule has 1 atom stereocenters. The second-order valence-electron chi connectivity index (χ2n) is 6.00. The monoisotopic (exact) mass is 399 g/mol. The van der Waals surface area contributed by atoms with Crippen molar-refractivity contribution in [2.75, 3.05) is 6.54 Å². The normalized spacial score (nSPS) is 13.2. The molecule has 0 saturated carbocycles. The van der Waals surface area contributed by atoms with Gasteiger partial charge in [0.1, 0.15) is 5.60 Å². The van der Waals surface area contributed by atoms with Crippen LogP contribution in [0.1, 0.15) is 23.0 Å². The highest BCUT2D eigenvalue weighted by atomic mass is 79.9. The lowest BCUT2D eigenvalue weighted by Crippen LogP contribution is -2.38. The van der Waals surface area contributed by atoms with E-state index in [-0.39, 0.29) is 18.2 Å². The zero-order valence-electron chi connectivity index (χ0n) is 13.7. The van der Waals surface area contributed by atoms with Crippen LogP contribution in [0.2, 0.25) is 0 Å². The van der Waals surface area contributed by atoms with Gasteiger partial charge in [-0.15, -0.1) is 0 Å². The van der Waals surface area contributed by atoms with E-state index in [0.29, 0.717) is 4.67 Å². The van der Waals surface area contributed by atoms with Gasteiger partial charge < -0.3 is 14.8 Å². The molecule has 1 aromatic heterocycles. The van der Waals surface area contributed by atoms with Crippen molar-refractivity contribution in [2.24, 2.45) is 0 Å². The molecule has 2 aromatic carbocycles. The van der Waals surface area contributed by atoms with Gasteiger partial charge in [-0.1, -0.05) is 54.6 Å². The fraction of sp³-hybridized carbons (Fsp3) is 0.150. The third-order valence-corrected chi connectivity index (χ3v) is 4.43. The minimum absolute atomic E-state index is 0.0782. The molecule has 0 saturated heterocycles. The van der Waals surface area contributed by atoms with Crippen molar-refractivity contribution in [3.8, 4) is 11.1 Å². The number of amides is 1. The van der Waals surface area contributed by atoms with Crippen LogP contribution in [0.5, 0.6) is 0 Å². The number of aliphatic hydroxyl groups is 1. The number of carbonyl (C=O) groups excluding carboxylic acids is 1. The fourth-order valence-corrected chi connectivity index (χ4v) is 2.84. The van der Waals surface area contributed by atoms with Crippen molar-refractivity contribution in [3.05, 3.63) is 82.7 Å². The van der Waals surface area contributed by atoms with Crippen molar-refractivity contribution < 1.29 is 14.3 Å². The van der Waals surface area contributed by atoms with Crippen LogP contribution in [0.3, 0.4) is 0 Å². The summed E-state index contributed by atoms with van der Waals surface area (Å²) in [4.78, 5) is 12.0. The van der Waals surface area contributed by atoms with Gasteiger partial charge in [-0.3, -0.25) is 4.79 Å². The van der Waals surface area contributed by atoms with Gasteiger partial charge in [-0.25, -0.2) is 0 Å². The molecule has 5 heteroatoms. The lowest BCUT2D eigenvalue weighted by Gasteiger charge is -2.24. The Morgan fingerprint density at radius 1 is 1.04 bits per heavy atom. The molecule has 0 bridgehead atoms. The zero-order chi connectivity index (χ0) is 17.9. The van der Waals surface area contributed by atoms with Gasteiger partial charge in [0, 0.05) is 0 Å². The maximum atomic E-state index is 12.0. The van der Waals surface area contributed by atoms with Crippen LogP contribution in [0.4, 0.5) is 0 Å². The number of furan rings is 1. The molecule has 128 valence electrons. The number of rotatable bonds is 5. The zero-order valence-corrected chi connectivity index (χ0v) is 15.3. The summed E-state index contributed by atoms with van der Waals surface area (Å²) >= 11 is 3.16. The molecule has 3 rings (SSSR count). The van der Waals surface area contributed by atoms with Crippen molar-refractivity contribution in [1.29, 1.82) is 0 Å². The second kappa shape index (κ2) is 7.25. The highest BCUT2D eigenvalue weighted by Crippen LogP contribution is 2.25. The van der Waals surface area contributed by atoms with E-state index in [1.54, 1.807) is 19.1 Å². The second-order valence-corrected chi connectivity index (χ2v) is 6.79. The largest absolute Gasteiger partial charge is 0.444 e. The summed E-state index contributed by atoms with van der Waals surface area (Å²) in [5, 5.41) is 13.4. The summed E-state index contributed by atoms with van der Waals surface area (Å²) < 4.78 is 5.69. The van der Waals surface area contributed by atoms with Crippen molar-refractivity contribution in [2.45, 2.75) is 12.5 Å². The molecule has 4 nitrogen and oxygen atoms in total. The smallest absolute Gasteiger partial charge is 0.287 e. The summed E-state index contributed by atoms with van der Waals surface area (Å²) in [7, 11) is 0. The average Bonchev–Trinajstić information content (AvgIpc) is 3.07. The molecule has 0 fully saturated rings. The molecule has 0 radical (unpaired) electrons. The van der Waals surface area contributed by atoms with Gasteiger partial charge in [0.25, 0.3) is 5.91 Å². The third-order valence-electron chi connectivity index (χ3n) is 4.00. The first-order valence-corrected chi connectivity index (χ1v) is 8.67. The van der Waals surface area contributed by atoms with E-state index in [1.165, 1.54) is 0 Å². The molecule has 1 heterocycles. The summed E-state index contributed by atoms with van der Waals surface area (Å²) in [6, 6.07) is 20.9. The van der Waals surface area contributed by atoms with Crippen LogP contribution in [0.15, 0.2) is 75.8 Å². The van der Waals surface area contributed by atoms with Crippen molar-refractivity contribution in [3.63, 3.8) is 0 Å². The summed E-state index contributed by atoms with van der Waals surface area (Å²) in [5.74, 6) is -0.172. The Kier molecular flexibility index (Phi) is 5.06. The summed E-state index contributed by atoms with van der Waals surface area (Å²) in [6.07, 6.45) is 0. The van der Waals surface area contributed by atoms with Gasteiger partial charge in [-0.05, 0) is 51.7 Å². The molecule has 25 heavy (non-hydrogen) atoms. The van der Waals surface area contributed by atoms with Crippen LogP contribution >= 0.6 is 15.9 Å². The predicted octanol–water partition coefficient (Wildman–Crippen LogP) is 4.35. The van der Waals surface area contributed by atoms with Crippen LogP contribution in [0, 0.1) is 0 Å². The Balaban J connectivity index is 1.68. The Morgan fingerprint density at radius 2 is 1.68 bits per heavy atom. The maximum Gasteiger partial charge on any atom is 0.287 e. The molecular weight excluding hydrogens is 382 g/mol. The van der Waals surface area contributed by atoms with Gasteiger partial charge in [-0.2, -0.15) is 0 Å². The number of hydrogen-bond donors (Lipinski definition) is 2. The number of nitrogens with one attached hydrogen (secondary N) is 1. The first-order valence-electron chi connectivity index (χ1n) is 7.87. The standard InChI is InChI=1S/C20H18BrNO3/c1-20(24,13-22-19(23)17-11-12-18(21)25-17)16-9-7-15(8-10-16)14-5-3-2-4-6-14/h2-12,24H,13H2,1H3,(H,22,23). The van der Waals surface area contributed by atoms with E-state index in [1.807, 2.05) is 54.6 Å². The third kappa shape index (κ3) is 4.18. The molecule has 0 aliphatic heterocycles. The average molecular weight is 400 g/mol. The first kappa shape index (κ1) is 17.5. The Labute approximate surface area is 154 Å². The van der Waals surface area contributed by atoms with Gasteiger partial charge in [0.05, 0.1) is 6.54 Å². The molecule has 2 N–H and O–H groups in total. The lowest BCUT2D eigenvalue weighted by molar-refractivity contribution is 0.0518. The van der Waals surface area contributed by atoms with E-state index in [0.717, 1.165) is 16.7 Å². The number of halogens is 1. The lowest BCUT2D eigenvalue weighted by atomic mass is 9.93. The summed E-state index contributed by atoms with van der Waals surface area (Å²) in [5.41, 5.74) is 1.73. The van der Waals surface area contributed by atoms with E-state index in [9.17, 15) is 9.90 Å². The minimum Gasteiger partial charge on any atom is -0.444 e. The predicted molar refractivity (Wildman–Crippen MR) is 100 cm³/mol. The van der Waals surface area contributed by atoms with E-state index in [4.69, 9.17) is 4.42 Å². The van der Waals surface area contributed by atoms with Gasteiger partial charge >= 0.3 is 0 Å². The SMILES string of the molecule is CC(O)(CNC(=O)c1ccc(Br)o1)c1ccc(-c2ccccc2)cc1. The number of benzene rings is 2. The minimum atomic E-state index is -1.19. The topological polar surface area (TPSA) is 62.5 Å². The molecule has 1 amide bonds. The highest BCUT2D eigenvalue weighted by Gasteiger charge is 2.24. The molecular formula is C20H18BrNO3. The molecule has 0 aliphatic rings. The number of carbonyl (C=O) groups is 1. The van der Waals surface area contributed by atoms with Crippen LogP contribution < -0.4 is 5.32 Å². The van der Waals surface area contributed by atoms with Gasteiger partial charge in [0.2, 0.25) is 0 Å². The molecule has 3 aromatic rings. The van der Waals surface area contributed by atoms with E-state index in [2.05, 4.69) is 21.2 Å². The molecule has 0 aliphatic carbocycles. The Morgan fingerprint density at radius 3 is 2.28 bits per heavy atom. The van der Waals surface area contributed by atoms with Crippen LogP contribution in [-0.2, 0) is 5.60 Å². The highest BCUT2D eigenvalue weighted by molar-refractivity contribution is 9.10. The van der Waals surface area contributed by atoms with Crippen LogP contribution in [0.25, 0.3) is 11.1 Å². The van der Waals surface area contributed by atoms with E-state index < -0.39 is 5.60 Å². The van der Waals surface area contributed by atoms with Crippen molar-refractivity contribution >= 4 is 21.8 Å². The van der Waals surface area contributed by atoms with Crippen molar-refractivity contribution in [1.82, 2.24) is 5.32 Å². The first-order chi connectivity index (χ1) is 12.0. The Hall–Kier alpha value is -2.37. The van der Waals surface area contributed by atoms with Crippen LogP contribution in [-0.4, -0.2) is 17.6 Å². The maximum absolute atomic E-state index is 12.0. The summed E-state index contributed by atoms with van der Waals surface area (Å²) in [6.45, 7) is 1.75. The molecule has 0 spiro atoms. The quantitative estimate of drug-likeness (QED) is 0.670.